The monoisotopic (exact) mass is 196 g/mol. The molecule has 1 heterocycles. The third kappa shape index (κ3) is 1.66. The van der Waals surface area contributed by atoms with Crippen molar-refractivity contribution in [2.45, 2.75) is 20.8 Å². The molecule has 0 radical (unpaired) electrons. The number of H-pyrrole nitrogens is 1. The zero-order chi connectivity index (χ0) is 10.9. The zero-order valence-corrected chi connectivity index (χ0v) is 8.33. The number of carbonyl (C=O) groups excluding carboxylic acids is 1. The summed E-state index contributed by atoms with van der Waals surface area (Å²) in [4.78, 5) is 36.5. The van der Waals surface area contributed by atoms with Gasteiger partial charge in [0.25, 0.3) is 5.56 Å². The molecule has 0 saturated carbocycles. The third-order valence-electron chi connectivity index (χ3n) is 1.87. The molecule has 0 unspecified atom stereocenters. The van der Waals surface area contributed by atoms with Gasteiger partial charge < -0.3 is 4.98 Å². The fraction of sp³-hybridized carbons (Fsp3) is 0.444. The van der Waals surface area contributed by atoms with Gasteiger partial charge in [-0.25, -0.2) is 4.79 Å². The molecule has 1 aromatic rings. The second-order valence-corrected chi connectivity index (χ2v) is 3.41. The molecular weight excluding hydrogens is 184 g/mol. The maximum atomic E-state index is 11.5. The van der Waals surface area contributed by atoms with Gasteiger partial charge in [0.1, 0.15) is 0 Å². The lowest BCUT2D eigenvalue weighted by atomic mass is 10.2. The second kappa shape index (κ2) is 3.61. The number of hydrogen-bond donors (Lipinski definition) is 1. The molecule has 0 aliphatic rings. The van der Waals surface area contributed by atoms with Crippen LogP contribution in [-0.2, 0) is 0 Å². The van der Waals surface area contributed by atoms with Gasteiger partial charge in [-0.15, -0.1) is 0 Å². The molecule has 0 bridgehead atoms. The number of nitrogens with one attached hydrogen (secondary N) is 1. The van der Waals surface area contributed by atoms with Gasteiger partial charge in [-0.3, -0.25) is 9.59 Å². The van der Waals surface area contributed by atoms with E-state index in [4.69, 9.17) is 0 Å². The Morgan fingerprint density at radius 1 is 1.43 bits per heavy atom. The standard InChI is InChI=1S/C9H12N2O3/c1-5(2)7(12)11-8(13)6(3)4-10-9(11)14/h4-5H,1-3H3,(H,10,14). The summed E-state index contributed by atoms with van der Waals surface area (Å²) in [5.74, 6) is -0.865. The summed E-state index contributed by atoms with van der Waals surface area (Å²) in [5, 5.41) is 0. The number of rotatable bonds is 1. The van der Waals surface area contributed by atoms with Crippen LogP contribution in [0.5, 0.6) is 0 Å². The van der Waals surface area contributed by atoms with Gasteiger partial charge in [0.05, 0.1) is 0 Å². The first-order chi connectivity index (χ1) is 6.45. The van der Waals surface area contributed by atoms with Crippen LogP contribution in [0.25, 0.3) is 0 Å². The van der Waals surface area contributed by atoms with Gasteiger partial charge in [0.2, 0.25) is 5.91 Å². The summed E-state index contributed by atoms with van der Waals surface area (Å²) in [6, 6.07) is 0. The highest BCUT2D eigenvalue weighted by Gasteiger charge is 2.15. The van der Waals surface area contributed by atoms with Crippen molar-refractivity contribution >= 4 is 5.91 Å². The smallest absolute Gasteiger partial charge is 0.313 e. The minimum Gasteiger partial charge on any atom is -0.313 e. The average Bonchev–Trinajstić information content (AvgIpc) is 2.12. The van der Waals surface area contributed by atoms with Gasteiger partial charge in [-0.1, -0.05) is 13.8 Å². The molecule has 0 aliphatic heterocycles. The normalized spacial score (nSPS) is 10.6. The van der Waals surface area contributed by atoms with Gasteiger partial charge in [-0.2, -0.15) is 4.57 Å². The highest BCUT2D eigenvalue weighted by atomic mass is 16.2. The van der Waals surface area contributed by atoms with Crippen LogP contribution < -0.4 is 11.2 Å². The van der Waals surface area contributed by atoms with Crippen LogP contribution >= 0.6 is 0 Å². The van der Waals surface area contributed by atoms with Gasteiger partial charge in [0.15, 0.2) is 0 Å². The Kier molecular flexibility index (Phi) is 2.69. The van der Waals surface area contributed by atoms with E-state index in [0.29, 0.717) is 10.1 Å². The topological polar surface area (TPSA) is 71.9 Å². The molecule has 0 amide bonds. The van der Waals surface area contributed by atoms with Crippen molar-refractivity contribution in [3.63, 3.8) is 0 Å². The summed E-state index contributed by atoms with van der Waals surface area (Å²) in [6.07, 6.45) is 1.30. The van der Waals surface area contributed by atoms with Crippen LogP contribution in [0.1, 0.15) is 24.2 Å². The molecule has 0 atom stereocenters. The molecule has 5 heteroatoms. The summed E-state index contributed by atoms with van der Waals surface area (Å²) >= 11 is 0. The first-order valence-corrected chi connectivity index (χ1v) is 4.30. The molecular formula is C9H12N2O3. The van der Waals surface area contributed by atoms with Crippen LogP contribution in [0.3, 0.4) is 0 Å². The highest BCUT2D eigenvalue weighted by molar-refractivity contribution is 5.80. The van der Waals surface area contributed by atoms with E-state index < -0.39 is 17.2 Å². The van der Waals surface area contributed by atoms with E-state index >= 15 is 0 Å². The Morgan fingerprint density at radius 2 is 2.00 bits per heavy atom. The van der Waals surface area contributed by atoms with Crippen molar-refractivity contribution in [3.05, 3.63) is 32.6 Å². The van der Waals surface area contributed by atoms with Crippen molar-refractivity contribution in [1.29, 1.82) is 0 Å². The van der Waals surface area contributed by atoms with E-state index in [1.165, 1.54) is 6.20 Å². The first-order valence-electron chi connectivity index (χ1n) is 4.30. The molecule has 1 rings (SSSR count). The van der Waals surface area contributed by atoms with E-state index in [9.17, 15) is 14.4 Å². The van der Waals surface area contributed by atoms with Crippen molar-refractivity contribution in [1.82, 2.24) is 9.55 Å². The van der Waals surface area contributed by atoms with Crippen LogP contribution in [0.15, 0.2) is 15.8 Å². The van der Waals surface area contributed by atoms with E-state index in [2.05, 4.69) is 4.98 Å². The van der Waals surface area contributed by atoms with Gasteiger partial charge in [0, 0.05) is 17.7 Å². The number of aryl methyl sites for hydroxylation is 1. The Labute approximate surface area is 80.4 Å². The molecule has 1 aromatic heterocycles. The van der Waals surface area contributed by atoms with Gasteiger partial charge >= 0.3 is 5.69 Å². The summed E-state index contributed by atoms with van der Waals surface area (Å²) in [6.45, 7) is 4.81. The van der Waals surface area contributed by atoms with Gasteiger partial charge in [-0.05, 0) is 6.92 Å². The minimum absolute atomic E-state index is 0.346. The van der Waals surface area contributed by atoms with E-state index in [0.717, 1.165) is 0 Å². The summed E-state index contributed by atoms with van der Waals surface area (Å²) in [7, 11) is 0. The number of hydrogen-bond acceptors (Lipinski definition) is 3. The maximum Gasteiger partial charge on any atom is 0.335 e. The number of aromatic amines is 1. The average molecular weight is 196 g/mol. The lowest BCUT2D eigenvalue weighted by Gasteiger charge is -2.05. The van der Waals surface area contributed by atoms with Crippen LogP contribution in [0, 0.1) is 12.8 Å². The highest BCUT2D eigenvalue weighted by Crippen LogP contribution is 1.93. The Bertz CT molecular complexity index is 468. The predicted molar refractivity (Wildman–Crippen MR) is 51.5 cm³/mol. The maximum absolute atomic E-state index is 11.5. The fourth-order valence-electron chi connectivity index (χ4n) is 1.02. The Morgan fingerprint density at radius 3 is 2.50 bits per heavy atom. The molecule has 0 spiro atoms. The van der Waals surface area contributed by atoms with Crippen molar-refractivity contribution < 1.29 is 4.79 Å². The molecule has 1 N–H and O–H groups in total. The molecule has 76 valence electrons. The Hall–Kier alpha value is -1.65. The molecule has 0 aromatic carbocycles. The van der Waals surface area contributed by atoms with E-state index in [1.54, 1.807) is 20.8 Å². The minimum atomic E-state index is -0.681. The Balaban J connectivity index is 3.49. The van der Waals surface area contributed by atoms with Crippen LogP contribution in [0.2, 0.25) is 0 Å². The van der Waals surface area contributed by atoms with Crippen molar-refractivity contribution in [3.8, 4) is 0 Å². The fourth-order valence-corrected chi connectivity index (χ4v) is 1.02. The predicted octanol–water partition coefficient (Wildman–Crippen LogP) is 0.141. The van der Waals surface area contributed by atoms with Crippen LogP contribution in [0.4, 0.5) is 0 Å². The molecule has 5 nitrogen and oxygen atoms in total. The molecule has 0 fully saturated rings. The number of carbonyl (C=O) groups is 1. The van der Waals surface area contributed by atoms with Crippen LogP contribution in [-0.4, -0.2) is 15.5 Å². The molecule has 0 aliphatic carbocycles. The van der Waals surface area contributed by atoms with E-state index in [-0.39, 0.29) is 5.92 Å². The quantitative estimate of drug-likeness (QED) is 0.694. The number of aromatic nitrogens is 2. The summed E-state index contributed by atoms with van der Waals surface area (Å²) in [5.41, 5.74) is -0.884. The lowest BCUT2D eigenvalue weighted by Crippen LogP contribution is -2.42. The molecule has 14 heavy (non-hydrogen) atoms. The SMILES string of the molecule is Cc1c[nH]c(=O)n(C(=O)C(C)C)c1=O. The van der Waals surface area contributed by atoms with E-state index in [1.807, 2.05) is 0 Å². The first kappa shape index (κ1) is 10.4. The third-order valence-corrected chi connectivity index (χ3v) is 1.87. The second-order valence-electron chi connectivity index (χ2n) is 3.41. The van der Waals surface area contributed by atoms with Crippen molar-refractivity contribution in [2.24, 2.45) is 5.92 Å². The zero-order valence-electron chi connectivity index (χ0n) is 8.33. The summed E-state index contributed by atoms with van der Waals surface area (Å²) < 4.78 is 0.639. The largest absolute Gasteiger partial charge is 0.335 e. The number of nitrogens with zero attached hydrogens (tertiary/aromatic N) is 1. The van der Waals surface area contributed by atoms with Crippen molar-refractivity contribution in [2.75, 3.05) is 0 Å². The lowest BCUT2D eigenvalue weighted by molar-refractivity contribution is 0.0844. The molecule has 0 saturated heterocycles.